The SMILES string of the molecule is c1ccc(-c2nc3cccc4c5ccc(-n6c7ccccc7c7c8ccccc8c8c(c9ccccc9n8-c8ccccc8)c76)cc5c2n34)cc1. The van der Waals surface area contributed by atoms with Gasteiger partial charge in [0, 0.05) is 54.6 Å². The number of aromatic nitrogens is 4. The fourth-order valence-corrected chi connectivity index (χ4v) is 8.94. The Bertz CT molecular complexity index is 3340. The molecule has 0 N–H and O–H groups in total. The van der Waals surface area contributed by atoms with E-state index in [-0.39, 0.29) is 0 Å². The van der Waals surface area contributed by atoms with Crippen molar-refractivity contribution in [2.24, 2.45) is 0 Å². The van der Waals surface area contributed by atoms with Crippen LogP contribution in [0, 0.1) is 0 Å². The normalized spacial score (nSPS) is 12.3. The number of pyridine rings is 1. The highest BCUT2D eigenvalue weighted by atomic mass is 15.0. The van der Waals surface area contributed by atoms with E-state index >= 15 is 0 Å². The van der Waals surface area contributed by atoms with Crippen molar-refractivity contribution in [3.63, 3.8) is 0 Å². The maximum atomic E-state index is 5.18. The van der Waals surface area contributed by atoms with Crippen molar-refractivity contribution in [2.75, 3.05) is 0 Å². The molecule has 0 atom stereocenters. The molecule has 12 aromatic rings. The molecule has 0 bridgehead atoms. The second-order valence-electron chi connectivity index (χ2n) is 13.5. The Morgan fingerprint density at radius 2 is 0.961 bits per heavy atom. The quantitative estimate of drug-likeness (QED) is 0.187. The molecule has 7 aromatic carbocycles. The van der Waals surface area contributed by atoms with Crippen LogP contribution in [0.4, 0.5) is 0 Å². The highest BCUT2D eigenvalue weighted by Crippen LogP contribution is 2.47. The molecule has 0 aliphatic heterocycles. The van der Waals surface area contributed by atoms with Gasteiger partial charge in [-0.2, -0.15) is 0 Å². The van der Waals surface area contributed by atoms with Gasteiger partial charge >= 0.3 is 0 Å². The fourth-order valence-electron chi connectivity index (χ4n) is 8.94. The van der Waals surface area contributed by atoms with Gasteiger partial charge in [-0.1, -0.05) is 121 Å². The largest absolute Gasteiger partial charge is 0.309 e. The van der Waals surface area contributed by atoms with Gasteiger partial charge in [0.15, 0.2) is 0 Å². The summed E-state index contributed by atoms with van der Waals surface area (Å²) < 4.78 is 7.32. The van der Waals surface area contributed by atoms with Crippen LogP contribution in [0.3, 0.4) is 0 Å². The Labute approximate surface area is 292 Å². The maximum Gasteiger partial charge on any atom is 0.138 e. The molecule has 0 aliphatic carbocycles. The van der Waals surface area contributed by atoms with E-state index < -0.39 is 0 Å². The first kappa shape index (κ1) is 27.0. The van der Waals surface area contributed by atoms with Gasteiger partial charge in [-0.3, -0.25) is 4.40 Å². The van der Waals surface area contributed by atoms with E-state index in [2.05, 4.69) is 183 Å². The van der Waals surface area contributed by atoms with E-state index in [1.54, 1.807) is 0 Å². The van der Waals surface area contributed by atoms with Crippen molar-refractivity contribution < 1.29 is 0 Å². The summed E-state index contributed by atoms with van der Waals surface area (Å²) in [6.07, 6.45) is 0. The first-order valence-corrected chi connectivity index (χ1v) is 17.5. The topological polar surface area (TPSA) is 27.2 Å². The lowest BCUT2D eigenvalue weighted by atomic mass is 9.99. The molecule has 5 heterocycles. The molecule has 4 heteroatoms. The number of para-hydroxylation sites is 3. The zero-order valence-electron chi connectivity index (χ0n) is 27.5. The number of fused-ring (bicyclic) bond motifs is 13. The van der Waals surface area contributed by atoms with Crippen LogP contribution in [0.1, 0.15) is 0 Å². The molecule has 4 nitrogen and oxygen atoms in total. The van der Waals surface area contributed by atoms with Crippen molar-refractivity contribution in [3.8, 4) is 22.6 Å². The van der Waals surface area contributed by atoms with Gasteiger partial charge in [0.25, 0.3) is 0 Å². The van der Waals surface area contributed by atoms with Crippen LogP contribution < -0.4 is 0 Å². The zero-order valence-corrected chi connectivity index (χ0v) is 27.5. The lowest BCUT2D eigenvalue weighted by Gasteiger charge is -2.13. The average molecular weight is 649 g/mol. The van der Waals surface area contributed by atoms with Crippen LogP contribution in [-0.2, 0) is 0 Å². The predicted molar refractivity (Wildman–Crippen MR) is 213 cm³/mol. The summed E-state index contributed by atoms with van der Waals surface area (Å²) in [6, 6.07) is 61.6. The van der Waals surface area contributed by atoms with Gasteiger partial charge in [0.2, 0.25) is 0 Å². The maximum absolute atomic E-state index is 5.18. The van der Waals surface area contributed by atoms with Gasteiger partial charge in [0.1, 0.15) is 5.65 Å². The van der Waals surface area contributed by atoms with Crippen molar-refractivity contribution in [1.29, 1.82) is 0 Å². The van der Waals surface area contributed by atoms with Gasteiger partial charge in [0.05, 0.1) is 38.8 Å². The third kappa shape index (κ3) is 3.46. The second-order valence-corrected chi connectivity index (χ2v) is 13.5. The molecular formula is C47H28N4. The molecule has 0 amide bonds. The number of hydrogen-bond acceptors (Lipinski definition) is 1. The Balaban J connectivity index is 1.30. The van der Waals surface area contributed by atoms with Crippen molar-refractivity contribution >= 4 is 81.8 Å². The lowest BCUT2D eigenvalue weighted by molar-refractivity contribution is 1.18. The van der Waals surface area contributed by atoms with Gasteiger partial charge < -0.3 is 9.13 Å². The molecule has 0 aliphatic rings. The first-order chi connectivity index (χ1) is 25.3. The molecule has 0 saturated carbocycles. The molecule has 236 valence electrons. The summed E-state index contributed by atoms with van der Waals surface area (Å²) in [5.41, 5.74) is 12.6. The van der Waals surface area contributed by atoms with Crippen molar-refractivity contribution in [2.45, 2.75) is 0 Å². The van der Waals surface area contributed by atoms with Crippen molar-refractivity contribution in [1.82, 2.24) is 18.5 Å². The Morgan fingerprint density at radius 3 is 1.73 bits per heavy atom. The number of hydrogen-bond donors (Lipinski definition) is 0. The molecule has 0 fully saturated rings. The van der Waals surface area contributed by atoms with Crippen LogP contribution >= 0.6 is 0 Å². The highest BCUT2D eigenvalue weighted by molar-refractivity contribution is 6.36. The summed E-state index contributed by atoms with van der Waals surface area (Å²) in [4.78, 5) is 5.18. The Morgan fingerprint density at radius 1 is 0.353 bits per heavy atom. The summed E-state index contributed by atoms with van der Waals surface area (Å²) in [6.45, 7) is 0. The molecule has 0 saturated heterocycles. The number of benzene rings is 7. The Kier molecular flexibility index (Phi) is 5.20. The number of imidazole rings is 1. The molecule has 0 spiro atoms. The number of nitrogens with zero attached hydrogens (tertiary/aromatic N) is 4. The zero-order chi connectivity index (χ0) is 33.2. The van der Waals surface area contributed by atoms with Crippen LogP contribution in [0.25, 0.3) is 104 Å². The van der Waals surface area contributed by atoms with E-state index in [9.17, 15) is 0 Å². The summed E-state index contributed by atoms with van der Waals surface area (Å²) in [7, 11) is 0. The second kappa shape index (κ2) is 9.84. The van der Waals surface area contributed by atoms with Gasteiger partial charge in [-0.15, -0.1) is 0 Å². The smallest absolute Gasteiger partial charge is 0.138 e. The minimum atomic E-state index is 0.970. The number of rotatable bonds is 3. The van der Waals surface area contributed by atoms with Crippen LogP contribution in [-0.4, -0.2) is 18.5 Å². The van der Waals surface area contributed by atoms with Crippen molar-refractivity contribution in [3.05, 3.63) is 170 Å². The van der Waals surface area contributed by atoms with E-state index in [1.807, 2.05) is 0 Å². The highest BCUT2D eigenvalue weighted by Gasteiger charge is 2.25. The summed E-state index contributed by atoms with van der Waals surface area (Å²) in [5, 5.41) is 9.99. The minimum absolute atomic E-state index is 0.970. The van der Waals surface area contributed by atoms with E-state index in [4.69, 9.17) is 4.98 Å². The standard InChI is InChI=1S/C47H28N4/c1-3-14-29(15-4-1)44-46-37-28-31(26-27-32(37)38-24-13-25-41(48-44)51(38)46)50-39-22-11-9-20-35(39)42-33-18-7-8-19-34(33)45-43(47(42)50)36-21-10-12-23-40(36)49(45)30-16-5-2-6-17-30/h1-28H. The molecule has 12 rings (SSSR count). The molecule has 0 unspecified atom stereocenters. The minimum Gasteiger partial charge on any atom is -0.309 e. The van der Waals surface area contributed by atoms with Crippen LogP contribution in [0.5, 0.6) is 0 Å². The van der Waals surface area contributed by atoms with Crippen LogP contribution in [0.2, 0.25) is 0 Å². The van der Waals surface area contributed by atoms with E-state index in [0.29, 0.717) is 0 Å². The Hall–Kier alpha value is -6.91. The van der Waals surface area contributed by atoms with E-state index in [1.165, 1.54) is 70.7 Å². The third-order valence-electron chi connectivity index (χ3n) is 10.9. The monoisotopic (exact) mass is 648 g/mol. The molecule has 51 heavy (non-hydrogen) atoms. The molecule has 5 aromatic heterocycles. The third-order valence-corrected chi connectivity index (χ3v) is 10.9. The molecular weight excluding hydrogens is 621 g/mol. The lowest BCUT2D eigenvalue weighted by Crippen LogP contribution is -1.96. The summed E-state index contributed by atoms with van der Waals surface area (Å²) >= 11 is 0. The molecule has 0 radical (unpaired) electrons. The van der Waals surface area contributed by atoms with Gasteiger partial charge in [-0.05, 0) is 53.9 Å². The van der Waals surface area contributed by atoms with Gasteiger partial charge in [-0.25, -0.2) is 4.98 Å². The van der Waals surface area contributed by atoms with E-state index in [0.717, 1.165) is 33.8 Å². The fraction of sp³-hybridized carbons (Fsp3) is 0. The van der Waals surface area contributed by atoms with Crippen LogP contribution in [0.15, 0.2) is 170 Å². The average Bonchev–Trinajstić information content (AvgIpc) is 3.94. The predicted octanol–water partition coefficient (Wildman–Crippen LogP) is 12.1. The first-order valence-electron chi connectivity index (χ1n) is 17.5. The summed E-state index contributed by atoms with van der Waals surface area (Å²) in [5.74, 6) is 0.